The van der Waals surface area contributed by atoms with Crippen molar-refractivity contribution < 1.29 is 9.59 Å². The summed E-state index contributed by atoms with van der Waals surface area (Å²) < 4.78 is 0. The first-order valence-corrected chi connectivity index (χ1v) is 8.49. The number of nitrogens with two attached hydrogens (primary N) is 1. The van der Waals surface area contributed by atoms with Crippen LogP contribution in [0.3, 0.4) is 0 Å². The lowest BCUT2D eigenvalue weighted by Gasteiger charge is -2.15. The number of urea groups is 1. The van der Waals surface area contributed by atoms with E-state index in [9.17, 15) is 9.59 Å². The number of hydrogen-bond acceptors (Lipinski definition) is 6. The summed E-state index contributed by atoms with van der Waals surface area (Å²) in [6.07, 6.45) is 1.91. The highest BCUT2D eigenvalue weighted by atomic mass is 32.1. The fourth-order valence-corrected chi connectivity index (χ4v) is 3.49. The quantitative estimate of drug-likeness (QED) is 0.719. The number of carbonyl (C=O) groups excluding carboxylic acids is 2. The van der Waals surface area contributed by atoms with Crippen molar-refractivity contribution in [3.05, 3.63) is 27.4 Å². The van der Waals surface area contributed by atoms with Crippen LogP contribution in [0.2, 0.25) is 0 Å². The Labute approximate surface area is 135 Å². The molecule has 118 valence electrons. The van der Waals surface area contributed by atoms with Gasteiger partial charge in [-0.05, 0) is 17.9 Å². The summed E-state index contributed by atoms with van der Waals surface area (Å²) in [5.41, 5.74) is 5.17. The Morgan fingerprint density at radius 1 is 1.41 bits per heavy atom. The van der Waals surface area contributed by atoms with Crippen molar-refractivity contribution in [2.24, 2.45) is 5.73 Å². The van der Waals surface area contributed by atoms with E-state index in [1.54, 1.807) is 0 Å². The number of hydrogen-bond donors (Lipinski definition) is 3. The SMILES string of the molecule is CCCc1nnc(NC(=O)CC(NC(N)=O)c2cccs2)s1. The summed E-state index contributed by atoms with van der Waals surface area (Å²) in [6, 6.07) is 2.60. The van der Waals surface area contributed by atoms with Crippen LogP contribution in [0.5, 0.6) is 0 Å². The Bertz CT molecular complexity index is 626. The van der Waals surface area contributed by atoms with Crippen LogP contribution in [0, 0.1) is 0 Å². The molecule has 2 aromatic heterocycles. The molecule has 22 heavy (non-hydrogen) atoms. The molecule has 0 saturated carbocycles. The van der Waals surface area contributed by atoms with Gasteiger partial charge in [-0.25, -0.2) is 4.79 Å². The van der Waals surface area contributed by atoms with Gasteiger partial charge in [-0.2, -0.15) is 0 Å². The fourth-order valence-electron chi connectivity index (χ4n) is 1.86. The van der Waals surface area contributed by atoms with E-state index in [-0.39, 0.29) is 12.3 Å². The van der Waals surface area contributed by atoms with Crippen LogP contribution in [0.4, 0.5) is 9.93 Å². The number of thiophene rings is 1. The molecule has 2 rings (SSSR count). The van der Waals surface area contributed by atoms with Crippen molar-refractivity contribution >= 4 is 39.7 Å². The van der Waals surface area contributed by atoms with Gasteiger partial charge in [0.25, 0.3) is 0 Å². The molecule has 3 amide bonds. The maximum atomic E-state index is 12.1. The largest absolute Gasteiger partial charge is 0.352 e. The maximum absolute atomic E-state index is 12.1. The van der Waals surface area contributed by atoms with Crippen LogP contribution in [-0.2, 0) is 11.2 Å². The number of primary amides is 1. The van der Waals surface area contributed by atoms with E-state index in [2.05, 4.69) is 27.8 Å². The van der Waals surface area contributed by atoms with E-state index in [0.29, 0.717) is 5.13 Å². The van der Waals surface area contributed by atoms with Gasteiger partial charge in [-0.3, -0.25) is 4.79 Å². The minimum Gasteiger partial charge on any atom is -0.352 e. The van der Waals surface area contributed by atoms with Crippen molar-refractivity contribution in [3.63, 3.8) is 0 Å². The standard InChI is InChI=1S/C13H17N5O2S2/c1-2-4-11-17-18-13(22-11)16-10(19)7-8(15-12(14)20)9-5-3-6-21-9/h3,5-6,8H,2,4,7H2,1H3,(H3,14,15,20)(H,16,18,19). The summed E-state index contributed by atoms with van der Waals surface area (Å²) >= 11 is 2.82. The summed E-state index contributed by atoms with van der Waals surface area (Å²) in [5, 5.41) is 16.5. The molecule has 0 spiro atoms. The van der Waals surface area contributed by atoms with E-state index in [1.807, 2.05) is 17.5 Å². The highest BCUT2D eigenvalue weighted by molar-refractivity contribution is 7.15. The first-order chi connectivity index (χ1) is 10.6. The van der Waals surface area contributed by atoms with Gasteiger partial charge in [-0.15, -0.1) is 21.5 Å². The van der Waals surface area contributed by atoms with Gasteiger partial charge in [0.05, 0.1) is 12.5 Å². The van der Waals surface area contributed by atoms with Crippen molar-refractivity contribution in [1.82, 2.24) is 15.5 Å². The molecule has 9 heteroatoms. The van der Waals surface area contributed by atoms with Gasteiger partial charge in [0, 0.05) is 11.3 Å². The average molecular weight is 339 g/mol. The van der Waals surface area contributed by atoms with E-state index in [1.165, 1.54) is 22.7 Å². The number of nitrogens with one attached hydrogen (secondary N) is 2. The minimum atomic E-state index is -0.660. The third kappa shape index (κ3) is 4.78. The zero-order valence-electron chi connectivity index (χ0n) is 12.0. The second-order valence-electron chi connectivity index (χ2n) is 4.58. The number of amides is 3. The number of rotatable bonds is 7. The molecule has 7 nitrogen and oxygen atoms in total. The van der Waals surface area contributed by atoms with Crippen molar-refractivity contribution in [3.8, 4) is 0 Å². The lowest BCUT2D eigenvalue weighted by atomic mass is 10.1. The van der Waals surface area contributed by atoms with Crippen LogP contribution < -0.4 is 16.4 Å². The molecule has 0 saturated heterocycles. The fraction of sp³-hybridized carbons (Fsp3) is 0.385. The summed E-state index contributed by atoms with van der Waals surface area (Å²) in [6.45, 7) is 2.06. The molecule has 0 aliphatic heterocycles. The molecule has 0 aliphatic rings. The van der Waals surface area contributed by atoms with Crippen LogP contribution in [0.25, 0.3) is 0 Å². The first-order valence-electron chi connectivity index (χ1n) is 6.80. The molecule has 0 radical (unpaired) electrons. The Morgan fingerprint density at radius 2 is 2.23 bits per heavy atom. The molecule has 2 aromatic rings. The van der Waals surface area contributed by atoms with E-state index in [4.69, 9.17) is 5.73 Å². The lowest BCUT2D eigenvalue weighted by molar-refractivity contribution is -0.116. The molecule has 0 fully saturated rings. The van der Waals surface area contributed by atoms with Gasteiger partial charge < -0.3 is 16.4 Å². The Hall–Kier alpha value is -2.00. The zero-order chi connectivity index (χ0) is 15.9. The number of aryl methyl sites for hydroxylation is 1. The third-order valence-electron chi connectivity index (χ3n) is 2.77. The topological polar surface area (TPSA) is 110 Å². The molecule has 1 unspecified atom stereocenters. The van der Waals surface area contributed by atoms with Crippen LogP contribution in [-0.4, -0.2) is 22.1 Å². The molecule has 0 aromatic carbocycles. The Balaban J connectivity index is 1.96. The summed E-state index contributed by atoms with van der Waals surface area (Å²) in [5.74, 6) is -0.244. The summed E-state index contributed by atoms with van der Waals surface area (Å²) in [7, 11) is 0. The molecule has 0 bridgehead atoms. The maximum Gasteiger partial charge on any atom is 0.312 e. The van der Waals surface area contributed by atoms with Crippen LogP contribution in [0.15, 0.2) is 17.5 Å². The van der Waals surface area contributed by atoms with E-state index >= 15 is 0 Å². The van der Waals surface area contributed by atoms with Gasteiger partial charge in [0.1, 0.15) is 5.01 Å². The number of aromatic nitrogens is 2. The molecular weight excluding hydrogens is 322 g/mol. The average Bonchev–Trinajstić information content (AvgIpc) is 3.09. The van der Waals surface area contributed by atoms with Crippen LogP contribution >= 0.6 is 22.7 Å². The van der Waals surface area contributed by atoms with Gasteiger partial charge in [0.15, 0.2) is 0 Å². The highest BCUT2D eigenvalue weighted by Gasteiger charge is 2.19. The predicted molar refractivity (Wildman–Crippen MR) is 86.9 cm³/mol. The lowest BCUT2D eigenvalue weighted by Crippen LogP contribution is -2.34. The van der Waals surface area contributed by atoms with Crippen molar-refractivity contribution in [1.29, 1.82) is 0 Å². The van der Waals surface area contributed by atoms with Crippen molar-refractivity contribution in [2.75, 3.05) is 5.32 Å². The van der Waals surface area contributed by atoms with Crippen LogP contribution in [0.1, 0.15) is 35.7 Å². The minimum absolute atomic E-state index is 0.0894. The molecular formula is C13H17N5O2S2. The molecule has 1 atom stereocenters. The Morgan fingerprint density at radius 3 is 2.86 bits per heavy atom. The smallest absolute Gasteiger partial charge is 0.312 e. The second kappa shape index (κ2) is 7.85. The van der Waals surface area contributed by atoms with E-state index in [0.717, 1.165) is 22.7 Å². The van der Waals surface area contributed by atoms with Gasteiger partial charge in [-0.1, -0.05) is 24.3 Å². The highest BCUT2D eigenvalue weighted by Crippen LogP contribution is 2.23. The monoisotopic (exact) mass is 339 g/mol. The normalized spacial score (nSPS) is 11.9. The Kier molecular flexibility index (Phi) is 5.84. The van der Waals surface area contributed by atoms with Gasteiger partial charge in [0.2, 0.25) is 11.0 Å². The van der Waals surface area contributed by atoms with Gasteiger partial charge >= 0.3 is 6.03 Å². The first kappa shape index (κ1) is 16.4. The molecule has 2 heterocycles. The second-order valence-corrected chi connectivity index (χ2v) is 6.62. The predicted octanol–water partition coefficient (Wildman–Crippen LogP) is 2.29. The molecule has 0 aliphatic carbocycles. The van der Waals surface area contributed by atoms with E-state index < -0.39 is 12.1 Å². The number of nitrogens with zero attached hydrogens (tertiary/aromatic N) is 2. The number of anilines is 1. The zero-order valence-corrected chi connectivity index (χ0v) is 13.7. The summed E-state index contributed by atoms with van der Waals surface area (Å²) in [4.78, 5) is 24.1. The number of carbonyl (C=O) groups is 2. The molecule has 4 N–H and O–H groups in total. The van der Waals surface area contributed by atoms with Crippen molar-refractivity contribution in [2.45, 2.75) is 32.2 Å². The third-order valence-corrected chi connectivity index (χ3v) is 4.65.